The highest BCUT2D eigenvalue weighted by molar-refractivity contribution is 7.99. The third-order valence-electron chi connectivity index (χ3n) is 1.97. The van der Waals surface area contributed by atoms with E-state index in [1.165, 1.54) is 18.7 Å². The van der Waals surface area contributed by atoms with Crippen molar-refractivity contribution in [1.82, 2.24) is 4.98 Å². The Morgan fingerprint density at radius 3 is 3.00 bits per heavy atom. The second-order valence-electron chi connectivity index (χ2n) is 3.51. The Bertz CT molecular complexity index is 341. The van der Waals surface area contributed by atoms with E-state index in [0.717, 1.165) is 10.8 Å². The Morgan fingerprint density at radius 2 is 2.40 bits per heavy atom. The summed E-state index contributed by atoms with van der Waals surface area (Å²) in [4.78, 5) is 15.4. The van der Waals surface area contributed by atoms with E-state index in [4.69, 9.17) is 5.11 Å². The molecule has 4 heteroatoms. The van der Waals surface area contributed by atoms with Gasteiger partial charge in [-0.1, -0.05) is 6.92 Å². The minimum atomic E-state index is 0.0299. The number of rotatable bonds is 5. The van der Waals surface area contributed by atoms with Crippen molar-refractivity contribution in [2.24, 2.45) is 5.92 Å². The highest BCUT2D eigenvalue weighted by atomic mass is 32.2. The Balaban J connectivity index is 2.72. The van der Waals surface area contributed by atoms with E-state index in [-0.39, 0.29) is 18.3 Å². The molecule has 82 valence electrons. The third kappa shape index (κ3) is 3.64. The first-order chi connectivity index (χ1) is 7.15. The number of ketones is 1. The van der Waals surface area contributed by atoms with Crippen molar-refractivity contribution in [3.8, 4) is 0 Å². The molecule has 0 aromatic carbocycles. The number of thioether (sulfide) groups is 1. The molecular weight excluding hydrogens is 210 g/mol. The normalized spacial score (nSPS) is 12.5. The topological polar surface area (TPSA) is 50.2 Å². The number of aromatic nitrogens is 1. The van der Waals surface area contributed by atoms with Gasteiger partial charge in [0.1, 0.15) is 5.03 Å². The van der Waals surface area contributed by atoms with E-state index in [2.05, 4.69) is 4.98 Å². The Hall–Kier alpha value is -0.870. The molecule has 1 N–H and O–H groups in total. The van der Waals surface area contributed by atoms with Crippen LogP contribution in [0, 0.1) is 5.92 Å². The molecule has 0 aliphatic rings. The predicted octanol–water partition coefficient (Wildman–Crippen LogP) is 2.00. The summed E-state index contributed by atoms with van der Waals surface area (Å²) in [5.74, 6) is 1.02. The van der Waals surface area contributed by atoms with Crippen LogP contribution >= 0.6 is 11.8 Å². The van der Waals surface area contributed by atoms with Crippen molar-refractivity contribution in [2.75, 3.05) is 12.4 Å². The smallest absolute Gasteiger partial charge is 0.162 e. The fraction of sp³-hybridized carbons (Fsp3) is 0.455. The molecule has 0 bridgehead atoms. The fourth-order valence-corrected chi connectivity index (χ4v) is 2.10. The molecule has 1 unspecified atom stereocenters. The molecule has 0 saturated carbocycles. The number of aliphatic hydroxyl groups is 1. The molecule has 3 nitrogen and oxygen atoms in total. The summed E-state index contributed by atoms with van der Waals surface area (Å²) >= 11 is 1.52. The summed E-state index contributed by atoms with van der Waals surface area (Å²) < 4.78 is 0. The van der Waals surface area contributed by atoms with Crippen LogP contribution in [0.5, 0.6) is 0 Å². The quantitative estimate of drug-likeness (QED) is 0.615. The summed E-state index contributed by atoms with van der Waals surface area (Å²) in [6, 6.07) is 3.54. The molecule has 0 amide bonds. The van der Waals surface area contributed by atoms with Crippen molar-refractivity contribution in [1.29, 1.82) is 0 Å². The molecule has 1 aromatic rings. The first-order valence-corrected chi connectivity index (χ1v) is 5.83. The van der Waals surface area contributed by atoms with Gasteiger partial charge in [0.2, 0.25) is 0 Å². The number of hydrogen-bond acceptors (Lipinski definition) is 4. The van der Waals surface area contributed by atoms with Gasteiger partial charge in [-0.05, 0) is 25.0 Å². The van der Waals surface area contributed by atoms with Gasteiger partial charge in [-0.3, -0.25) is 4.79 Å². The highest BCUT2D eigenvalue weighted by Crippen LogP contribution is 2.22. The number of carbonyl (C=O) groups is 1. The molecule has 0 radical (unpaired) electrons. The third-order valence-corrected chi connectivity index (χ3v) is 3.30. The minimum Gasteiger partial charge on any atom is -0.396 e. The van der Waals surface area contributed by atoms with Gasteiger partial charge in [-0.2, -0.15) is 0 Å². The van der Waals surface area contributed by atoms with Crippen LogP contribution in [0.15, 0.2) is 23.4 Å². The van der Waals surface area contributed by atoms with E-state index >= 15 is 0 Å². The Labute approximate surface area is 93.9 Å². The van der Waals surface area contributed by atoms with Crippen LogP contribution in [-0.4, -0.2) is 28.2 Å². The van der Waals surface area contributed by atoms with Crippen molar-refractivity contribution >= 4 is 17.5 Å². The maximum atomic E-state index is 11.3. The van der Waals surface area contributed by atoms with Crippen LogP contribution in [0.1, 0.15) is 24.2 Å². The van der Waals surface area contributed by atoms with Crippen LogP contribution in [0.25, 0.3) is 0 Å². The SMILES string of the molecule is CC(=O)c1cccnc1SCC(C)CO. The highest BCUT2D eigenvalue weighted by Gasteiger charge is 2.09. The first kappa shape index (κ1) is 12.2. The van der Waals surface area contributed by atoms with Crippen LogP contribution in [0.3, 0.4) is 0 Å². The molecule has 0 saturated heterocycles. The lowest BCUT2D eigenvalue weighted by Gasteiger charge is -2.08. The first-order valence-electron chi connectivity index (χ1n) is 4.84. The maximum absolute atomic E-state index is 11.3. The lowest BCUT2D eigenvalue weighted by Crippen LogP contribution is -2.05. The number of Topliss-reactive ketones (excluding diaryl/α,β-unsaturated/α-hetero) is 1. The van der Waals surface area contributed by atoms with E-state index in [1.54, 1.807) is 18.3 Å². The monoisotopic (exact) mass is 225 g/mol. The zero-order valence-corrected chi connectivity index (χ0v) is 9.75. The molecule has 1 rings (SSSR count). The second-order valence-corrected chi connectivity index (χ2v) is 4.52. The molecule has 15 heavy (non-hydrogen) atoms. The van der Waals surface area contributed by atoms with E-state index < -0.39 is 0 Å². The van der Waals surface area contributed by atoms with E-state index in [0.29, 0.717) is 5.56 Å². The summed E-state index contributed by atoms with van der Waals surface area (Å²) in [7, 11) is 0. The molecule has 0 fully saturated rings. The molecular formula is C11H15NO2S. The zero-order chi connectivity index (χ0) is 11.3. The van der Waals surface area contributed by atoms with Gasteiger partial charge < -0.3 is 5.11 Å². The molecule has 1 atom stereocenters. The molecule has 1 heterocycles. The number of hydrogen-bond donors (Lipinski definition) is 1. The van der Waals surface area contributed by atoms with E-state index in [9.17, 15) is 4.79 Å². The zero-order valence-electron chi connectivity index (χ0n) is 8.93. The van der Waals surface area contributed by atoms with Crippen molar-refractivity contribution in [2.45, 2.75) is 18.9 Å². The summed E-state index contributed by atoms with van der Waals surface area (Å²) in [5, 5.41) is 9.65. The Morgan fingerprint density at radius 1 is 1.67 bits per heavy atom. The summed E-state index contributed by atoms with van der Waals surface area (Å²) in [6.07, 6.45) is 1.68. The standard InChI is InChI=1S/C11H15NO2S/c1-8(6-13)7-15-11-10(9(2)14)4-3-5-12-11/h3-5,8,13H,6-7H2,1-2H3. The van der Waals surface area contributed by atoms with Gasteiger partial charge in [0.05, 0.1) is 0 Å². The number of carbonyl (C=O) groups excluding carboxylic acids is 1. The fourth-order valence-electron chi connectivity index (χ4n) is 1.05. The molecule has 0 spiro atoms. The van der Waals surface area contributed by atoms with Crippen LogP contribution in [0.2, 0.25) is 0 Å². The average Bonchev–Trinajstić information content (AvgIpc) is 2.26. The molecule has 0 aliphatic carbocycles. The van der Waals surface area contributed by atoms with Gasteiger partial charge in [-0.25, -0.2) is 4.98 Å². The summed E-state index contributed by atoms with van der Waals surface area (Å²) in [5.41, 5.74) is 0.660. The van der Waals surface area contributed by atoms with Crippen molar-refractivity contribution in [3.05, 3.63) is 23.9 Å². The van der Waals surface area contributed by atoms with Crippen molar-refractivity contribution < 1.29 is 9.90 Å². The van der Waals surface area contributed by atoms with Gasteiger partial charge >= 0.3 is 0 Å². The average molecular weight is 225 g/mol. The minimum absolute atomic E-state index is 0.0299. The number of aliphatic hydroxyl groups excluding tert-OH is 1. The van der Waals surface area contributed by atoms with Crippen LogP contribution in [0.4, 0.5) is 0 Å². The molecule has 0 aliphatic heterocycles. The maximum Gasteiger partial charge on any atom is 0.162 e. The largest absolute Gasteiger partial charge is 0.396 e. The molecule has 1 aromatic heterocycles. The lowest BCUT2D eigenvalue weighted by atomic mass is 10.2. The number of pyridine rings is 1. The summed E-state index contributed by atoms with van der Waals surface area (Å²) in [6.45, 7) is 3.66. The van der Waals surface area contributed by atoms with Gasteiger partial charge in [0.25, 0.3) is 0 Å². The van der Waals surface area contributed by atoms with Gasteiger partial charge in [-0.15, -0.1) is 11.8 Å². The predicted molar refractivity (Wildman–Crippen MR) is 61.2 cm³/mol. The Kier molecular flexibility index (Phi) is 4.78. The lowest BCUT2D eigenvalue weighted by molar-refractivity contribution is 0.101. The van der Waals surface area contributed by atoms with Crippen molar-refractivity contribution in [3.63, 3.8) is 0 Å². The van der Waals surface area contributed by atoms with E-state index in [1.807, 2.05) is 6.92 Å². The van der Waals surface area contributed by atoms with Crippen LogP contribution in [-0.2, 0) is 0 Å². The van der Waals surface area contributed by atoms with Gasteiger partial charge in [0.15, 0.2) is 5.78 Å². The van der Waals surface area contributed by atoms with Crippen LogP contribution < -0.4 is 0 Å². The van der Waals surface area contributed by atoms with Gasteiger partial charge in [0, 0.05) is 24.1 Å². The second kappa shape index (κ2) is 5.88. The number of nitrogens with zero attached hydrogens (tertiary/aromatic N) is 1.